The Hall–Kier alpha value is -1.33. The number of halogens is 1. The summed E-state index contributed by atoms with van der Waals surface area (Å²) in [4.78, 5) is 0. The van der Waals surface area contributed by atoms with E-state index in [9.17, 15) is 5.11 Å². The van der Waals surface area contributed by atoms with E-state index in [2.05, 4.69) is 21.0 Å². The van der Waals surface area contributed by atoms with E-state index in [0.29, 0.717) is 6.61 Å². The molecule has 0 spiro atoms. The fraction of sp³-hybridized carbons (Fsp3) is 0.308. The normalized spacial score (nSPS) is 10.6. The molecule has 0 saturated heterocycles. The lowest BCUT2D eigenvalue weighted by molar-refractivity contribution is 0.263. The van der Waals surface area contributed by atoms with Crippen LogP contribution in [-0.2, 0) is 20.1 Å². The molecule has 0 aliphatic carbocycles. The zero-order chi connectivity index (χ0) is 13.0. The Morgan fingerprint density at radius 3 is 2.94 bits per heavy atom. The highest BCUT2D eigenvalue weighted by atomic mass is 79.9. The summed E-state index contributed by atoms with van der Waals surface area (Å²) in [6.45, 7) is 0.544. The van der Waals surface area contributed by atoms with Crippen molar-refractivity contribution in [2.45, 2.75) is 13.0 Å². The number of aryl methyl sites for hydroxylation is 1. The Labute approximate surface area is 114 Å². The third-order valence-corrected chi connectivity index (χ3v) is 3.09. The zero-order valence-electron chi connectivity index (χ0n) is 10.1. The summed E-state index contributed by atoms with van der Waals surface area (Å²) in [7, 11) is 1.89. The van der Waals surface area contributed by atoms with E-state index in [4.69, 9.17) is 4.74 Å². The van der Waals surface area contributed by atoms with Crippen molar-refractivity contribution in [1.29, 1.82) is 0 Å². The average molecular weight is 311 g/mol. The van der Waals surface area contributed by atoms with Gasteiger partial charge in [0, 0.05) is 29.7 Å². The predicted molar refractivity (Wildman–Crippen MR) is 72.5 cm³/mol. The van der Waals surface area contributed by atoms with Crippen LogP contribution in [0.25, 0.3) is 0 Å². The molecule has 0 saturated carbocycles. The molecule has 0 aliphatic heterocycles. The van der Waals surface area contributed by atoms with Gasteiger partial charge in [-0.25, -0.2) is 0 Å². The monoisotopic (exact) mass is 310 g/mol. The van der Waals surface area contributed by atoms with Crippen molar-refractivity contribution in [2.75, 3.05) is 6.61 Å². The van der Waals surface area contributed by atoms with Crippen LogP contribution in [0.5, 0.6) is 5.75 Å². The topological polar surface area (TPSA) is 47.3 Å². The summed E-state index contributed by atoms with van der Waals surface area (Å²) in [6, 6.07) is 5.62. The average Bonchev–Trinajstić information content (AvgIpc) is 2.77. The first-order valence-corrected chi connectivity index (χ1v) is 6.48. The van der Waals surface area contributed by atoms with Crippen LogP contribution in [0.15, 0.2) is 35.1 Å². The maximum atomic E-state index is 9.25. The molecular formula is C13H15BrN2O2. The van der Waals surface area contributed by atoms with Gasteiger partial charge in [0.2, 0.25) is 0 Å². The molecule has 0 bridgehead atoms. The molecule has 2 rings (SSSR count). The summed E-state index contributed by atoms with van der Waals surface area (Å²) < 4.78 is 8.39. The maximum Gasteiger partial charge on any atom is 0.124 e. The second-order valence-corrected chi connectivity index (χ2v) is 4.95. The lowest BCUT2D eigenvalue weighted by Crippen LogP contribution is -2.03. The van der Waals surface area contributed by atoms with Crippen LogP contribution in [0.4, 0.5) is 0 Å². The first-order valence-electron chi connectivity index (χ1n) is 5.68. The van der Waals surface area contributed by atoms with E-state index in [-0.39, 0.29) is 6.61 Å². The molecule has 2 aromatic rings. The number of rotatable bonds is 5. The molecule has 1 aromatic carbocycles. The van der Waals surface area contributed by atoms with Crippen LogP contribution in [0.2, 0.25) is 0 Å². The van der Waals surface area contributed by atoms with Gasteiger partial charge in [0.25, 0.3) is 0 Å². The molecule has 4 nitrogen and oxygen atoms in total. The number of aromatic nitrogens is 2. The van der Waals surface area contributed by atoms with Gasteiger partial charge in [-0.15, -0.1) is 0 Å². The van der Waals surface area contributed by atoms with Crippen molar-refractivity contribution in [3.63, 3.8) is 0 Å². The van der Waals surface area contributed by atoms with Crippen molar-refractivity contribution in [1.82, 2.24) is 9.78 Å². The molecule has 0 fully saturated rings. The molecule has 0 aliphatic rings. The first-order chi connectivity index (χ1) is 8.69. The lowest BCUT2D eigenvalue weighted by Gasteiger charge is -2.09. The predicted octanol–water partition coefficient (Wildman–Crippen LogP) is 2.30. The van der Waals surface area contributed by atoms with E-state index in [1.165, 1.54) is 0 Å². The van der Waals surface area contributed by atoms with Crippen LogP contribution in [0.3, 0.4) is 0 Å². The second kappa shape index (κ2) is 6.02. The standard InChI is InChI=1S/C13H15BrN2O2/c1-16-8-10(7-15-16)4-5-18-13-3-2-12(14)6-11(13)9-17/h2-3,6-8,17H,4-5,9H2,1H3. The maximum absolute atomic E-state index is 9.25. The quantitative estimate of drug-likeness (QED) is 0.922. The highest BCUT2D eigenvalue weighted by Crippen LogP contribution is 2.23. The molecule has 96 valence electrons. The fourth-order valence-corrected chi connectivity index (χ4v) is 2.10. The van der Waals surface area contributed by atoms with Gasteiger partial charge in [0.1, 0.15) is 5.75 Å². The summed E-state index contributed by atoms with van der Waals surface area (Å²) in [6.07, 6.45) is 4.60. The van der Waals surface area contributed by atoms with Crippen molar-refractivity contribution in [3.05, 3.63) is 46.2 Å². The molecule has 5 heteroatoms. The molecule has 1 aromatic heterocycles. The second-order valence-electron chi connectivity index (χ2n) is 4.03. The Kier molecular flexibility index (Phi) is 4.38. The van der Waals surface area contributed by atoms with Gasteiger partial charge < -0.3 is 9.84 Å². The number of hydrogen-bond acceptors (Lipinski definition) is 3. The Balaban J connectivity index is 1.94. The van der Waals surface area contributed by atoms with Crippen molar-refractivity contribution in [2.24, 2.45) is 7.05 Å². The number of nitrogens with zero attached hydrogens (tertiary/aromatic N) is 2. The summed E-state index contributed by atoms with van der Waals surface area (Å²) >= 11 is 3.37. The number of benzene rings is 1. The minimum Gasteiger partial charge on any atom is -0.493 e. The van der Waals surface area contributed by atoms with E-state index >= 15 is 0 Å². The molecule has 0 unspecified atom stereocenters. The molecule has 18 heavy (non-hydrogen) atoms. The van der Waals surface area contributed by atoms with Crippen molar-refractivity contribution >= 4 is 15.9 Å². The smallest absolute Gasteiger partial charge is 0.124 e. The summed E-state index contributed by atoms with van der Waals surface area (Å²) in [5, 5.41) is 13.4. The lowest BCUT2D eigenvalue weighted by atomic mass is 10.2. The fourth-order valence-electron chi connectivity index (χ4n) is 1.69. The van der Waals surface area contributed by atoms with Gasteiger partial charge in [0.15, 0.2) is 0 Å². The van der Waals surface area contributed by atoms with Crippen molar-refractivity contribution < 1.29 is 9.84 Å². The molecule has 1 heterocycles. The van der Waals surface area contributed by atoms with E-state index in [1.807, 2.05) is 37.6 Å². The number of aliphatic hydroxyl groups is 1. The largest absolute Gasteiger partial charge is 0.493 e. The van der Waals surface area contributed by atoms with Gasteiger partial charge in [-0.3, -0.25) is 4.68 Å². The minimum absolute atomic E-state index is 0.0261. The number of aliphatic hydroxyl groups excluding tert-OH is 1. The zero-order valence-corrected chi connectivity index (χ0v) is 11.7. The van der Waals surface area contributed by atoms with Crippen LogP contribution in [0.1, 0.15) is 11.1 Å². The molecule has 0 atom stereocenters. The third kappa shape index (κ3) is 3.34. The summed E-state index contributed by atoms with van der Waals surface area (Å²) in [5.41, 5.74) is 1.93. The van der Waals surface area contributed by atoms with E-state index in [0.717, 1.165) is 27.8 Å². The number of hydrogen-bond donors (Lipinski definition) is 1. The molecular weight excluding hydrogens is 296 g/mol. The molecule has 0 amide bonds. The van der Waals surface area contributed by atoms with Gasteiger partial charge in [0.05, 0.1) is 19.4 Å². The van der Waals surface area contributed by atoms with E-state index in [1.54, 1.807) is 4.68 Å². The highest BCUT2D eigenvalue weighted by molar-refractivity contribution is 9.10. The first kappa shape index (κ1) is 13.1. The summed E-state index contributed by atoms with van der Waals surface area (Å²) in [5.74, 6) is 0.726. The minimum atomic E-state index is -0.0261. The van der Waals surface area contributed by atoms with Gasteiger partial charge in [-0.05, 0) is 23.8 Å². The van der Waals surface area contributed by atoms with Gasteiger partial charge >= 0.3 is 0 Å². The van der Waals surface area contributed by atoms with E-state index < -0.39 is 0 Å². The third-order valence-electron chi connectivity index (χ3n) is 2.60. The molecule has 1 N–H and O–H groups in total. The Morgan fingerprint density at radius 2 is 2.28 bits per heavy atom. The van der Waals surface area contributed by atoms with Gasteiger partial charge in [-0.1, -0.05) is 15.9 Å². The molecule has 0 radical (unpaired) electrons. The van der Waals surface area contributed by atoms with Crippen LogP contribution in [-0.4, -0.2) is 21.5 Å². The van der Waals surface area contributed by atoms with Crippen LogP contribution >= 0.6 is 15.9 Å². The van der Waals surface area contributed by atoms with Crippen LogP contribution in [0, 0.1) is 0 Å². The Bertz CT molecular complexity index is 525. The Morgan fingerprint density at radius 1 is 1.44 bits per heavy atom. The highest BCUT2D eigenvalue weighted by Gasteiger charge is 2.04. The van der Waals surface area contributed by atoms with Crippen molar-refractivity contribution in [3.8, 4) is 5.75 Å². The number of ether oxygens (including phenoxy) is 1. The SMILES string of the molecule is Cn1cc(CCOc2ccc(Br)cc2CO)cn1. The van der Waals surface area contributed by atoms with Gasteiger partial charge in [-0.2, -0.15) is 5.10 Å². The van der Waals surface area contributed by atoms with Crippen LogP contribution < -0.4 is 4.74 Å².